The molecule has 1 amide bonds. The Kier molecular flexibility index (Phi) is 5.23. The van der Waals surface area contributed by atoms with E-state index in [0.29, 0.717) is 22.9 Å². The quantitative estimate of drug-likeness (QED) is 0.819. The average Bonchev–Trinajstić information content (AvgIpc) is 2.56. The number of fused-ring (bicyclic) bond motifs is 1. The van der Waals surface area contributed by atoms with Gasteiger partial charge in [0.15, 0.2) is 0 Å². The lowest BCUT2D eigenvalue weighted by molar-refractivity contribution is -0.116. The number of nitrogens with zero attached hydrogens (tertiary/aromatic N) is 1. The second kappa shape index (κ2) is 7.13. The van der Waals surface area contributed by atoms with Crippen molar-refractivity contribution in [3.8, 4) is 0 Å². The zero-order valence-electron chi connectivity index (χ0n) is 14.6. The van der Waals surface area contributed by atoms with E-state index in [0.717, 1.165) is 10.5 Å². The van der Waals surface area contributed by atoms with Gasteiger partial charge in [0.25, 0.3) is 10.0 Å². The Hall–Kier alpha value is -1.70. The van der Waals surface area contributed by atoms with Crippen molar-refractivity contribution >= 4 is 50.7 Å². The summed E-state index contributed by atoms with van der Waals surface area (Å²) in [6, 6.07) is 9.85. The van der Waals surface area contributed by atoms with E-state index in [1.54, 1.807) is 53.1 Å². The summed E-state index contributed by atoms with van der Waals surface area (Å²) in [4.78, 5) is 14.6. The first-order chi connectivity index (χ1) is 12.2. The van der Waals surface area contributed by atoms with Crippen LogP contribution < -0.4 is 9.62 Å². The van der Waals surface area contributed by atoms with Crippen molar-refractivity contribution in [3.05, 3.63) is 47.0 Å². The molecule has 1 aliphatic heterocycles. The molecule has 0 saturated heterocycles. The minimum atomic E-state index is -3.79. The van der Waals surface area contributed by atoms with E-state index in [4.69, 9.17) is 11.6 Å². The van der Waals surface area contributed by atoms with Gasteiger partial charge in [-0.2, -0.15) is 0 Å². The number of benzene rings is 2. The van der Waals surface area contributed by atoms with E-state index in [2.05, 4.69) is 4.72 Å². The fourth-order valence-electron chi connectivity index (χ4n) is 2.75. The summed E-state index contributed by atoms with van der Waals surface area (Å²) in [6.07, 6.45) is 0. The van der Waals surface area contributed by atoms with Crippen LogP contribution in [0, 0.1) is 6.92 Å². The van der Waals surface area contributed by atoms with Crippen molar-refractivity contribution in [2.75, 3.05) is 16.2 Å². The van der Waals surface area contributed by atoms with Gasteiger partial charge < -0.3 is 4.90 Å². The van der Waals surface area contributed by atoms with Crippen LogP contribution in [0.15, 0.2) is 46.2 Å². The Bertz CT molecular complexity index is 976. The van der Waals surface area contributed by atoms with E-state index in [9.17, 15) is 13.2 Å². The van der Waals surface area contributed by atoms with Gasteiger partial charge in [0.2, 0.25) is 5.91 Å². The standard InChI is InChI=1S/C18H19ClN2O3S2/c1-11-4-5-14(8-16(11)19)20-26(23,24)15-6-7-18-17(9-15)21(13(3)22)10-12(2)25-18/h4-9,12,20H,10H2,1-3H3/t12-/m0/s1. The number of anilines is 2. The normalized spacial score (nSPS) is 16.9. The lowest BCUT2D eigenvalue weighted by Gasteiger charge is -2.32. The van der Waals surface area contributed by atoms with Gasteiger partial charge in [0.05, 0.1) is 16.3 Å². The van der Waals surface area contributed by atoms with Gasteiger partial charge in [-0.1, -0.05) is 24.6 Å². The molecular weight excluding hydrogens is 392 g/mol. The predicted octanol–water partition coefficient (Wildman–Crippen LogP) is 4.30. The van der Waals surface area contributed by atoms with Crippen LogP contribution in [0.1, 0.15) is 19.4 Å². The van der Waals surface area contributed by atoms with E-state index in [-0.39, 0.29) is 16.1 Å². The van der Waals surface area contributed by atoms with Crippen molar-refractivity contribution in [2.45, 2.75) is 35.8 Å². The molecule has 26 heavy (non-hydrogen) atoms. The van der Waals surface area contributed by atoms with Crippen LogP contribution in [-0.2, 0) is 14.8 Å². The Morgan fingerprint density at radius 2 is 2.00 bits per heavy atom. The molecule has 1 heterocycles. The Balaban J connectivity index is 1.97. The lowest BCUT2D eigenvalue weighted by Crippen LogP contribution is -2.37. The fourth-order valence-corrected chi connectivity index (χ4v) is 5.10. The SMILES string of the molecule is CC(=O)N1C[C@H](C)Sc2ccc(S(=O)(=O)Nc3ccc(C)c(Cl)c3)cc21. The maximum Gasteiger partial charge on any atom is 0.261 e. The van der Waals surface area contributed by atoms with Gasteiger partial charge >= 0.3 is 0 Å². The number of nitrogens with one attached hydrogen (secondary N) is 1. The number of thioether (sulfide) groups is 1. The molecule has 3 rings (SSSR count). The second-order valence-corrected chi connectivity index (χ2v) is 9.83. The van der Waals surface area contributed by atoms with Crippen LogP contribution in [-0.4, -0.2) is 26.1 Å². The monoisotopic (exact) mass is 410 g/mol. The topological polar surface area (TPSA) is 66.5 Å². The number of carbonyl (C=O) groups excluding carboxylic acids is 1. The van der Waals surface area contributed by atoms with Gasteiger partial charge in [-0.3, -0.25) is 9.52 Å². The maximum absolute atomic E-state index is 12.8. The molecule has 1 atom stereocenters. The molecule has 138 valence electrons. The van der Waals surface area contributed by atoms with Crippen LogP contribution in [0.2, 0.25) is 5.02 Å². The minimum absolute atomic E-state index is 0.105. The highest BCUT2D eigenvalue weighted by molar-refractivity contribution is 8.00. The molecule has 0 aromatic heterocycles. The summed E-state index contributed by atoms with van der Waals surface area (Å²) in [5, 5.41) is 0.741. The third kappa shape index (κ3) is 3.84. The maximum atomic E-state index is 12.8. The second-order valence-electron chi connectivity index (χ2n) is 6.26. The van der Waals surface area contributed by atoms with Gasteiger partial charge in [0, 0.05) is 28.6 Å². The third-order valence-corrected chi connectivity index (χ3v) is 7.04. The van der Waals surface area contributed by atoms with Crippen molar-refractivity contribution < 1.29 is 13.2 Å². The third-order valence-electron chi connectivity index (χ3n) is 4.10. The van der Waals surface area contributed by atoms with Gasteiger partial charge in [-0.05, 0) is 42.8 Å². The molecule has 0 unspecified atom stereocenters. The number of hydrogen-bond donors (Lipinski definition) is 1. The summed E-state index contributed by atoms with van der Waals surface area (Å²) < 4.78 is 28.1. The van der Waals surface area contributed by atoms with Gasteiger partial charge in [-0.25, -0.2) is 8.42 Å². The molecule has 1 aliphatic rings. The summed E-state index contributed by atoms with van der Waals surface area (Å²) in [6.45, 7) is 5.92. The zero-order valence-corrected chi connectivity index (χ0v) is 17.0. The number of halogens is 1. The Labute approximate surface area is 162 Å². The molecule has 2 aromatic rings. The molecular formula is C18H19ClN2O3S2. The van der Waals surface area contributed by atoms with Crippen molar-refractivity contribution in [2.24, 2.45) is 0 Å². The minimum Gasteiger partial charge on any atom is -0.310 e. The van der Waals surface area contributed by atoms with Gasteiger partial charge in [-0.15, -0.1) is 11.8 Å². The first-order valence-corrected chi connectivity index (χ1v) is 10.8. The van der Waals surface area contributed by atoms with E-state index in [1.165, 1.54) is 6.92 Å². The highest BCUT2D eigenvalue weighted by atomic mass is 35.5. The Morgan fingerprint density at radius 1 is 1.27 bits per heavy atom. The molecule has 0 fully saturated rings. The van der Waals surface area contributed by atoms with Crippen LogP contribution in [0.4, 0.5) is 11.4 Å². The highest BCUT2D eigenvalue weighted by Crippen LogP contribution is 2.40. The smallest absolute Gasteiger partial charge is 0.261 e. The molecule has 5 nitrogen and oxygen atoms in total. The molecule has 0 radical (unpaired) electrons. The van der Waals surface area contributed by atoms with Crippen molar-refractivity contribution in [1.29, 1.82) is 0 Å². The van der Waals surface area contributed by atoms with Crippen LogP contribution in [0.3, 0.4) is 0 Å². The Morgan fingerprint density at radius 3 is 2.65 bits per heavy atom. The molecule has 0 bridgehead atoms. The molecule has 8 heteroatoms. The predicted molar refractivity (Wildman–Crippen MR) is 107 cm³/mol. The number of aryl methyl sites for hydroxylation is 1. The van der Waals surface area contributed by atoms with Crippen LogP contribution >= 0.6 is 23.4 Å². The molecule has 0 spiro atoms. The summed E-state index contributed by atoms with van der Waals surface area (Å²) >= 11 is 7.70. The largest absolute Gasteiger partial charge is 0.310 e. The van der Waals surface area contributed by atoms with E-state index >= 15 is 0 Å². The number of carbonyl (C=O) groups is 1. The number of sulfonamides is 1. The van der Waals surface area contributed by atoms with Crippen LogP contribution in [0.25, 0.3) is 0 Å². The number of hydrogen-bond acceptors (Lipinski definition) is 4. The lowest BCUT2D eigenvalue weighted by atomic mass is 10.2. The summed E-state index contributed by atoms with van der Waals surface area (Å²) in [7, 11) is -3.79. The van der Waals surface area contributed by atoms with E-state index in [1.807, 2.05) is 13.8 Å². The average molecular weight is 411 g/mol. The summed E-state index contributed by atoms with van der Waals surface area (Å²) in [5.41, 5.74) is 1.89. The van der Waals surface area contributed by atoms with Crippen LogP contribution in [0.5, 0.6) is 0 Å². The first-order valence-electron chi connectivity index (χ1n) is 8.05. The highest BCUT2D eigenvalue weighted by Gasteiger charge is 2.27. The molecule has 1 N–H and O–H groups in total. The number of rotatable bonds is 3. The molecule has 2 aromatic carbocycles. The van der Waals surface area contributed by atoms with Gasteiger partial charge in [0.1, 0.15) is 0 Å². The number of amides is 1. The first kappa shape index (κ1) is 19.1. The molecule has 0 aliphatic carbocycles. The van der Waals surface area contributed by atoms with Crippen molar-refractivity contribution in [1.82, 2.24) is 0 Å². The van der Waals surface area contributed by atoms with E-state index < -0.39 is 10.0 Å². The molecule has 0 saturated carbocycles. The fraction of sp³-hybridized carbons (Fsp3) is 0.278. The zero-order chi connectivity index (χ0) is 19.1. The van der Waals surface area contributed by atoms with Crippen molar-refractivity contribution in [3.63, 3.8) is 0 Å². The summed E-state index contributed by atoms with van der Waals surface area (Å²) in [5.74, 6) is -0.105.